The average molecular weight is 789 g/mol. The van der Waals surface area contributed by atoms with Crippen molar-refractivity contribution in [1.82, 2.24) is 0 Å². The number of aliphatic hydroxyl groups excluding tert-OH is 1. The number of carbonyl (C=O) groups is 4. The van der Waals surface area contributed by atoms with Crippen molar-refractivity contribution in [3.63, 3.8) is 0 Å². The number of hydrogen-bond donors (Lipinski definition) is 13. The second-order valence-corrected chi connectivity index (χ2v) is 11.7. The summed E-state index contributed by atoms with van der Waals surface area (Å²) in [6.07, 6.45) is -11.2. The highest BCUT2D eigenvalue weighted by atomic mass is 16.7. The van der Waals surface area contributed by atoms with Gasteiger partial charge in [0, 0.05) is 0 Å². The summed E-state index contributed by atoms with van der Waals surface area (Å²) in [6, 6.07) is 5.04. The smallest absolute Gasteiger partial charge is 0.340 e. The van der Waals surface area contributed by atoms with Crippen LogP contribution in [0.5, 0.6) is 69.0 Å². The fourth-order valence-corrected chi connectivity index (χ4v) is 5.09. The molecule has 1 heterocycles. The molecule has 1 saturated heterocycles. The molecule has 0 bridgehead atoms. The van der Waals surface area contributed by atoms with Gasteiger partial charge >= 0.3 is 23.9 Å². The number of phenolic OH excluding ortho intramolecular Hbond substituents is 12. The molecule has 1 aliphatic rings. The Balaban J connectivity index is 1.56. The van der Waals surface area contributed by atoms with Crippen molar-refractivity contribution in [3.8, 4) is 69.0 Å². The van der Waals surface area contributed by atoms with E-state index in [0.29, 0.717) is 48.5 Å². The van der Waals surface area contributed by atoms with Crippen LogP contribution < -0.4 is 0 Å². The van der Waals surface area contributed by atoms with Crippen LogP contribution in [0.15, 0.2) is 48.5 Å². The fraction of sp³-hybridized carbons (Fsp3) is 0.176. The summed E-state index contributed by atoms with van der Waals surface area (Å²) < 4.78 is 26.7. The zero-order valence-electron chi connectivity index (χ0n) is 27.7. The van der Waals surface area contributed by atoms with Crippen LogP contribution in [0.1, 0.15) is 41.4 Å². The first-order valence-corrected chi connectivity index (χ1v) is 15.4. The molecule has 0 radical (unpaired) electrons. The largest absolute Gasteiger partial charge is 0.504 e. The maximum atomic E-state index is 13.4. The Bertz CT molecular complexity index is 2070. The molecule has 5 atom stereocenters. The number of rotatable bonds is 9. The summed E-state index contributed by atoms with van der Waals surface area (Å²) in [7, 11) is 0. The molecule has 4 aromatic rings. The number of aromatic hydroxyl groups is 12. The summed E-state index contributed by atoms with van der Waals surface area (Å²) in [5, 5.41) is 129. The lowest BCUT2D eigenvalue weighted by atomic mass is 9.98. The predicted molar refractivity (Wildman–Crippen MR) is 175 cm³/mol. The molecule has 22 heteroatoms. The first-order chi connectivity index (χ1) is 26.3. The molecule has 56 heavy (non-hydrogen) atoms. The molecule has 296 valence electrons. The van der Waals surface area contributed by atoms with Gasteiger partial charge in [-0.05, 0) is 48.5 Å². The summed E-state index contributed by atoms with van der Waals surface area (Å²) in [5.74, 6) is -18.0. The molecule has 0 unspecified atom stereocenters. The first kappa shape index (κ1) is 39.5. The SMILES string of the molecule is O=C(OC[C@H]1O[C@H](OC(=O)c2cc(O)c(O)c(O)c2)[C@H](O)[C@@H](OC(=O)c2cc(O)c(O)c(O)c2)[C@@H]1OC(=O)c1cc(O)c(O)c(O)c1)c1cc(O)c(O)c(O)c1. The van der Waals surface area contributed by atoms with Crippen LogP contribution in [0, 0.1) is 0 Å². The molecule has 1 aliphatic heterocycles. The van der Waals surface area contributed by atoms with Crippen LogP contribution in [0.4, 0.5) is 0 Å². The second-order valence-electron chi connectivity index (χ2n) is 11.7. The summed E-state index contributed by atoms with van der Waals surface area (Å²) in [6.45, 7) is -1.11. The number of hydrogen-bond acceptors (Lipinski definition) is 22. The molecule has 0 aromatic heterocycles. The van der Waals surface area contributed by atoms with Crippen LogP contribution >= 0.6 is 0 Å². The van der Waals surface area contributed by atoms with Gasteiger partial charge in [-0.15, -0.1) is 0 Å². The molecule has 5 rings (SSSR count). The van der Waals surface area contributed by atoms with E-state index < -0.39 is 152 Å². The highest BCUT2D eigenvalue weighted by Crippen LogP contribution is 2.40. The lowest BCUT2D eigenvalue weighted by molar-refractivity contribution is -0.283. The molecule has 0 spiro atoms. The van der Waals surface area contributed by atoms with Crippen LogP contribution in [0.3, 0.4) is 0 Å². The van der Waals surface area contributed by atoms with Crippen molar-refractivity contribution in [3.05, 3.63) is 70.8 Å². The minimum Gasteiger partial charge on any atom is -0.504 e. The van der Waals surface area contributed by atoms with E-state index in [2.05, 4.69) is 0 Å². The number of ether oxygens (including phenoxy) is 5. The number of benzene rings is 4. The van der Waals surface area contributed by atoms with Crippen LogP contribution in [-0.4, -0.2) is 128 Å². The van der Waals surface area contributed by atoms with E-state index in [1.54, 1.807) is 0 Å². The third-order valence-electron chi connectivity index (χ3n) is 7.92. The quantitative estimate of drug-likeness (QED) is 0.0630. The standard InChI is InChI=1S/C34H28O22/c35-14-1-10(2-15(36)23(14)43)30(48)52-9-22-28(54-31(49)11-3-16(37)24(44)17(38)4-11)29(55-32(50)12-5-18(39)25(45)19(40)6-12)27(47)34(53-22)56-33(51)13-7-20(41)26(46)21(42)8-13/h1-8,22,27-29,34-47H,9H2/t22-,27-,28-,29-,34-/m1/s1. The Morgan fingerprint density at radius 1 is 0.446 bits per heavy atom. The Morgan fingerprint density at radius 3 is 1.07 bits per heavy atom. The normalized spacial score (nSPS) is 19.1. The van der Waals surface area contributed by atoms with Crippen LogP contribution in [0.2, 0.25) is 0 Å². The van der Waals surface area contributed by atoms with E-state index in [1.165, 1.54) is 0 Å². The number of esters is 4. The highest BCUT2D eigenvalue weighted by molar-refractivity contribution is 5.93. The number of aliphatic hydroxyl groups is 1. The molecular formula is C34H28O22. The Hall–Kier alpha value is -7.72. The number of phenols is 12. The van der Waals surface area contributed by atoms with E-state index in [4.69, 9.17) is 23.7 Å². The van der Waals surface area contributed by atoms with Gasteiger partial charge in [-0.25, -0.2) is 19.2 Å². The maximum Gasteiger partial charge on any atom is 0.340 e. The van der Waals surface area contributed by atoms with Crippen molar-refractivity contribution in [1.29, 1.82) is 0 Å². The van der Waals surface area contributed by atoms with E-state index in [-0.39, 0.29) is 0 Å². The van der Waals surface area contributed by atoms with Gasteiger partial charge < -0.3 is 90.1 Å². The van der Waals surface area contributed by atoms with Crippen LogP contribution in [-0.2, 0) is 23.7 Å². The molecule has 22 nitrogen and oxygen atoms in total. The van der Waals surface area contributed by atoms with E-state index >= 15 is 0 Å². The third kappa shape index (κ3) is 7.95. The van der Waals surface area contributed by atoms with E-state index in [9.17, 15) is 85.6 Å². The Kier molecular flexibility index (Phi) is 10.8. The van der Waals surface area contributed by atoms with E-state index in [0.717, 1.165) is 0 Å². The minimum atomic E-state index is -2.42. The van der Waals surface area contributed by atoms with Crippen molar-refractivity contribution in [2.45, 2.75) is 30.7 Å². The van der Waals surface area contributed by atoms with Crippen molar-refractivity contribution >= 4 is 23.9 Å². The third-order valence-corrected chi connectivity index (χ3v) is 7.92. The zero-order valence-corrected chi connectivity index (χ0v) is 27.7. The molecule has 4 aromatic carbocycles. The summed E-state index contributed by atoms with van der Waals surface area (Å²) >= 11 is 0. The van der Waals surface area contributed by atoms with Crippen molar-refractivity contribution in [2.24, 2.45) is 0 Å². The number of carbonyl (C=O) groups excluding carboxylic acids is 4. The van der Waals surface area contributed by atoms with Gasteiger partial charge in [0.2, 0.25) is 6.29 Å². The summed E-state index contributed by atoms with van der Waals surface area (Å²) in [5.41, 5.74) is -2.62. The van der Waals surface area contributed by atoms with Gasteiger partial charge in [0.25, 0.3) is 0 Å². The monoisotopic (exact) mass is 788 g/mol. The Morgan fingerprint density at radius 2 is 0.732 bits per heavy atom. The zero-order chi connectivity index (χ0) is 41.3. The second kappa shape index (κ2) is 15.3. The Labute approximate surface area is 310 Å². The highest BCUT2D eigenvalue weighted by Gasteiger charge is 2.52. The molecule has 1 fully saturated rings. The van der Waals surface area contributed by atoms with Gasteiger partial charge in [0.05, 0.1) is 22.3 Å². The van der Waals surface area contributed by atoms with Gasteiger partial charge in [-0.3, -0.25) is 0 Å². The molecular weight excluding hydrogens is 760 g/mol. The molecule has 0 amide bonds. The lowest BCUT2D eigenvalue weighted by Crippen LogP contribution is -2.62. The van der Waals surface area contributed by atoms with Crippen molar-refractivity contribution in [2.75, 3.05) is 6.61 Å². The predicted octanol–water partition coefficient (Wildman–Crippen LogP) is 0.705. The van der Waals surface area contributed by atoms with Gasteiger partial charge in [0.15, 0.2) is 87.3 Å². The lowest BCUT2D eigenvalue weighted by Gasteiger charge is -2.42. The van der Waals surface area contributed by atoms with E-state index in [1.807, 2.05) is 0 Å². The van der Waals surface area contributed by atoms with Crippen molar-refractivity contribution < 1.29 is 109 Å². The summed E-state index contributed by atoms with van der Waals surface area (Å²) in [4.78, 5) is 52.8. The van der Waals surface area contributed by atoms with Gasteiger partial charge in [0.1, 0.15) is 12.7 Å². The van der Waals surface area contributed by atoms with Gasteiger partial charge in [-0.1, -0.05) is 0 Å². The molecule has 0 aliphatic carbocycles. The molecule has 13 N–H and O–H groups in total. The maximum absolute atomic E-state index is 13.4. The minimum absolute atomic E-state index is 0.581. The molecule has 0 saturated carbocycles. The average Bonchev–Trinajstić information content (AvgIpc) is 3.14. The van der Waals surface area contributed by atoms with Crippen LogP contribution in [0.25, 0.3) is 0 Å². The first-order valence-electron chi connectivity index (χ1n) is 15.4. The topological polar surface area (TPSA) is 377 Å². The fourth-order valence-electron chi connectivity index (χ4n) is 5.09. The van der Waals surface area contributed by atoms with Gasteiger partial charge in [-0.2, -0.15) is 0 Å².